The topological polar surface area (TPSA) is 72.8 Å². The fourth-order valence-electron chi connectivity index (χ4n) is 3.98. The first kappa shape index (κ1) is 28.9. The number of hydrogen-bond acceptors (Lipinski definition) is 5. The molecule has 0 radical (unpaired) electrons. The highest BCUT2D eigenvalue weighted by atomic mass is 16.6. The summed E-state index contributed by atoms with van der Waals surface area (Å²) in [7, 11) is 1.37. The molecule has 0 unspecified atom stereocenters. The average molecular weight is 429 g/mol. The van der Waals surface area contributed by atoms with E-state index in [0.29, 0.717) is 19.3 Å². The SMILES string of the molecule is CCCCCCCCCCC[C@@H](O)C[C@H](OC(C)=O)[C@H](CCCCCC)C(=O)OC. The van der Waals surface area contributed by atoms with E-state index in [1.165, 1.54) is 59.0 Å². The van der Waals surface area contributed by atoms with Gasteiger partial charge in [0.05, 0.1) is 19.1 Å². The van der Waals surface area contributed by atoms with Crippen LogP contribution in [-0.4, -0.2) is 36.4 Å². The Hall–Kier alpha value is -1.10. The molecule has 0 aromatic carbocycles. The maximum Gasteiger partial charge on any atom is 0.312 e. The molecule has 1 N–H and O–H groups in total. The molecule has 0 spiro atoms. The Bertz CT molecular complexity index is 424. The molecule has 178 valence electrons. The summed E-state index contributed by atoms with van der Waals surface area (Å²) in [6.07, 6.45) is 15.7. The number of carbonyl (C=O) groups excluding carboxylic acids is 2. The number of rotatable bonds is 20. The van der Waals surface area contributed by atoms with Gasteiger partial charge in [-0.05, 0) is 12.8 Å². The van der Waals surface area contributed by atoms with Crippen LogP contribution in [0.3, 0.4) is 0 Å². The van der Waals surface area contributed by atoms with Crippen LogP contribution in [0, 0.1) is 5.92 Å². The van der Waals surface area contributed by atoms with Gasteiger partial charge in [-0.15, -0.1) is 0 Å². The van der Waals surface area contributed by atoms with Gasteiger partial charge in [0.2, 0.25) is 0 Å². The monoisotopic (exact) mass is 428 g/mol. The third-order valence-corrected chi connectivity index (χ3v) is 5.78. The molecule has 5 heteroatoms. The van der Waals surface area contributed by atoms with Crippen LogP contribution in [0.2, 0.25) is 0 Å². The lowest BCUT2D eigenvalue weighted by molar-refractivity contribution is -0.161. The fourth-order valence-corrected chi connectivity index (χ4v) is 3.98. The van der Waals surface area contributed by atoms with Gasteiger partial charge in [0.1, 0.15) is 6.10 Å². The van der Waals surface area contributed by atoms with Crippen molar-refractivity contribution in [3.63, 3.8) is 0 Å². The predicted octanol–water partition coefficient (Wildman–Crippen LogP) is 6.35. The predicted molar refractivity (Wildman–Crippen MR) is 122 cm³/mol. The Morgan fingerprint density at radius 1 is 0.767 bits per heavy atom. The van der Waals surface area contributed by atoms with E-state index in [-0.39, 0.29) is 5.97 Å². The van der Waals surface area contributed by atoms with E-state index in [4.69, 9.17) is 9.47 Å². The molecule has 0 aromatic heterocycles. The van der Waals surface area contributed by atoms with Crippen molar-refractivity contribution in [3.8, 4) is 0 Å². The van der Waals surface area contributed by atoms with Gasteiger partial charge in [-0.1, -0.05) is 97.3 Å². The van der Waals surface area contributed by atoms with E-state index in [1.54, 1.807) is 0 Å². The van der Waals surface area contributed by atoms with Crippen molar-refractivity contribution in [2.75, 3.05) is 7.11 Å². The molecule has 0 aromatic rings. The molecule has 0 rings (SSSR count). The summed E-state index contributed by atoms with van der Waals surface area (Å²) in [6.45, 7) is 5.73. The lowest BCUT2D eigenvalue weighted by Gasteiger charge is -2.27. The minimum absolute atomic E-state index is 0.296. The van der Waals surface area contributed by atoms with Gasteiger partial charge in [0.25, 0.3) is 0 Å². The molecule has 0 saturated carbocycles. The summed E-state index contributed by atoms with van der Waals surface area (Å²) in [5.41, 5.74) is 0. The van der Waals surface area contributed by atoms with E-state index < -0.39 is 24.1 Å². The Balaban J connectivity index is 4.41. The van der Waals surface area contributed by atoms with E-state index in [0.717, 1.165) is 38.5 Å². The van der Waals surface area contributed by atoms with Crippen molar-refractivity contribution in [3.05, 3.63) is 0 Å². The van der Waals surface area contributed by atoms with Gasteiger partial charge in [-0.3, -0.25) is 9.59 Å². The molecule has 0 heterocycles. The number of ether oxygens (including phenoxy) is 2. The first-order valence-corrected chi connectivity index (χ1v) is 12.4. The highest BCUT2D eigenvalue weighted by Crippen LogP contribution is 2.24. The van der Waals surface area contributed by atoms with Crippen LogP contribution in [-0.2, 0) is 19.1 Å². The summed E-state index contributed by atoms with van der Waals surface area (Å²) in [4.78, 5) is 23.9. The Kier molecular flexibility index (Phi) is 19.1. The highest BCUT2D eigenvalue weighted by molar-refractivity contribution is 5.74. The summed E-state index contributed by atoms with van der Waals surface area (Å²) < 4.78 is 10.4. The van der Waals surface area contributed by atoms with Crippen LogP contribution in [0.4, 0.5) is 0 Å². The van der Waals surface area contributed by atoms with Gasteiger partial charge < -0.3 is 14.6 Å². The summed E-state index contributed by atoms with van der Waals surface area (Å²) in [5, 5.41) is 10.5. The summed E-state index contributed by atoms with van der Waals surface area (Å²) in [5.74, 6) is -1.28. The first-order chi connectivity index (χ1) is 14.5. The second-order valence-electron chi connectivity index (χ2n) is 8.63. The van der Waals surface area contributed by atoms with Crippen molar-refractivity contribution in [1.82, 2.24) is 0 Å². The van der Waals surface area contributed by atoms with Gasteiger partial charge in [0.15, 0.2) is 0 Å². The van der Waals surface area contributed by atoms with Gasteiger partial charge in [-0.25, -0.2) is 0 Å². The van der Waals surface area contributed by atoms with Crippen LogP contribution in [0.15, 0.2) is 0 Å². The average Bonchev–Trinajstić information content (AvgIpc) is 2.71. The van der Waals surface area contributed by atoms with E-state index in [1.807, 2.05) is 0 Å². The number of aliphatic hydroxyl groups is 1. The Labute approximate surface area is 185 Å². The standard InChI is InChI=1S/C25H48O5/c1-5-7-9-11-12-13-14-15-16-18-22(27)20-24(30-21(3)26)23(25(28)29-4)19-17-10-8-6-2/h22-24,27H,5-20H2,1-4H3/t22-,23+,24+/m1/s1. The molecule has 0 amide bonds. The molecular weight excluding hydrogens is 380 g/mol. The van der Waals surface area contributed by atoms with E-state index in [9.17, 15) is 14.7 Å². The number of methoxy groups -OCH3 is 1. The lowest BCUT2D eigenvalue weighted by atomic mass is 9.90. The van der Waals surface area contributed by atoms with Crippen LogP contribution in [0.1, 0.15) is 124 Å². The molecule has 0 saturated heterocycles. The molecule has 5 nitrogen and oxygen atoms in total. The maximum absolute atomic E-state index is 12.3. The molecule has 3 atom stereocenters. The summed E-state index contributed by atoms with van der Waals surface area (Å²) in [6, 6.07) is 0. The molecule has 30 heavy (non-hydrogen) atoms. The Morgan fingerprint density at radius 2 is 1.23 bits per heavy atom. The van der Waals surface area contributed by atoms with Gasteiger partial charge >= 0.3 is 11.9 Å². The number of unbranched alkanes of at least 4 members (excludes halogenated alkanes) is 11. The second kappa shape index (κ2) is 19.8. The van der Waals surface area contributed by atoms with Crippen LogP contribution in [0.25, 0.3) is 0 Å². The molecule has 0 bridgehead atoms. The van der Waals surface area contributed by atoms with Crippen LogP contribution in [0.5, 0.6) is 0 Å². The quantitative estimate of drug-likeness (QED) is 0.181. The number of hydrogen-bond donors (Lipinski definition) is 1. The first-order valence-electron chi connectivity index (χ1n) is 12.4. The van der Waals surface area contributed by atoms with E-state index >= 15 is 0 Å². The van der Waals surface area contributed by atoms with Gasteiger partial charge in [0, 0.05) is 13.3 Å². The number of carbonyl (C=O) groups is 2. The third kappa shape index (κ3) is 15.7. The highest BCUT2D eigenvalue weighted by Gasteiger charge is 2.32. The van der Waals surface area contributed by atoms with Crippen molar-refractivity contribution in [2.24, 2.45) is 5.92 Å². The van der Waals surface area contributed by atoms with Crippen molar-refractivity contribution in [2.45, 2.75) is 136 Å². The molecule has 0 aliphatic heterocycles. The summed E-state index contributed by atoms with van der Waals surface area (Å²) >= 11 is 0. The fraction of sp³-hybridized carbons (Fsp3) is 0.920. The van der Waals surface area contributed by atoms with Crippen molar-refractivity contribution >= 4 is 11.9 Å². The molecule has 0 aliphatic rings. The van der Waals surface area contributed by atoms with Crippen LogP contribution < -0.4 is 0 Å². The van der Waals surface area contributed by atoms with E-state index in [2.05, 4.69) is 13.8 Å². The molecule has 0 aliphatic carbocycles. The molecular formula is C25H48O5. The maximum atomic E-state index is 12.3. The van der Waals surface area contributed by atoms with Gasteiger partial charge in [-0.2, -0.15) is 0 Å². The smallest absolute Gasteiger partial charge is 0.312 e. The zero-order valence-electron chi connectivity index (χ0n) is 20.1. The third-order valence-electron chi connectivity index (χ3n) is 5.78. The lowest BCUT2D eigenvalue weighted by Crippen LogP contribution is -2.36. The zero-order chi connectivity index (χ0) is 22.6. The largest absolute Gasteiger partial charge is 0.469 e. The minimum Gasteiger partial charge on any atom is -0.469 e. The normalized spacial score (nSPS) is 14.2. The van der Waals surface area contributed by atoms with Crippen molar-refractivity contribution in [1.29, 1.82) is 0 Å². The second-order valence-corrected chi connectivity index (χ2v) is 8.63. The zero-order valence-corrected chi connectivity index (χ0v) is 20.1. The number of aliphatic hydroxyl groups excluding tert-OH is 1. The minimum atomic E-state index is -0.620. The van der Waals surface area contributed by atoms with Crippen molar-refractivity contribution < 1.29 is 24.2 Å². The number of esters is 2. The molecule has 0 fully saturated rings. The Morgan fingerprint density at radius 3 is 1.73 bits per heavy atom. The van der Waals surface area contributed by atoms with Crippen LogP contribution >= 0.6 is 0 Å².